The standard InChI is InChI=1S/C9H15N3.C6H10N4/c1-7-6-11-9(12-7)8-2-4-10-5-3-8;1-4-3-5(8-2)10-6(7)9-4/h6,8,10H,2-5H2,1H3,(H,11,12);3H,1-2H3,(H3,7,8,9,10). The normalized spacial score (nSPS) is 15.0. The highest BCUT2D eigenvalue weighted by Crippen LogP contribution is 2.21. The number of aromatic nitrogens is 4. The Morgan fingerprint density at radius 1 is 1.23 bits per heavy atom. The summed E-state index contributed by atoms with van der Waals surface area (Å²) < 4.78 is 0. The van der Waals surface area contributed by atoms with Crippen molar-refractivity contribution in [3.8, 4) is 0 Å². The second-order valence-electron chi connectivity index (χ2n) is 5.48. The van der Waals surface area contributed by atoms with Gasteiger partial charge in [-0.3, -0.25) is 0 Å². The highest BCUT2D eigenvalue weighted by atomic mass is 15.1. The van der Waals surface area contributed by atoms with Crippen LogP contribution in [0.5, 0.6) is 0 Å². The number of nitrogens with zero attached hydrogens (tertiary/aromatic N) is 3. The summed E-state index contributed by atoms with van der Waals surface area (Å²) in [5.41, 5.74) is 7.41. The summed E-state index contributed by atoms with van der Waals surface area (Å²) in [6.45, 7) is 6.19. The molecule has 2 aromatic rings. The van der Waals surface area contributed by atoms with Gasteiger partial charge in [0.1, 0.15) is 11.6 Å². The largest absolute Gasteiger partial charge is 0.373 e. The first kappa shape index (κ1) is 16.2. The molecular formula is C15H25N7. The molecule has 0 unspecified atom stereocenters. The second kappa shape index (κ2) is 7.74. The molecule has 0 aliphatic carbocycles. The average Bonchev–Trinajstić information content (AvgIpc) is 2.94. The minimum absolute atomic E-state index is 0.310. The van der Waals surface area contributed by atoms with Gasteiger partial charge >= 0.3 is 0 Å². The summed E-state index contributed by atoms with van der Waals surface area (Å²) in [6, 6.07) is 1.83. The van der Waals surface area contributed by atoms with E-state index in [0.29, 0.717) is 11.9 Å². The van der Waals surface area contributed by atoms with Gasteiger partial charge in [0, 0.05) is 36.6 Å². The molecule has 1 aliphatic rings. The van der Waals surface area contributed by atoms with Crippen molar-refractivity contribution >= 4 is 11.8 Å². The van der Waals surface area contributed by atoms with Gasteiger partial charge in [0.05, 0.1) is 0 Å². The summed E-state index contributed by atoms with van der Waals surface area (Å²) in [6.07, 6.45) is 4.34. The van der Waals surface area contributed by atoms with Crippen LogP contribution in [0.1, 0.15) is 36.0 Å². The number of rotatable bonds is 2. The number of anilines is 2. The van der Waals surface area contributed by atoms with Gasteiger partial charge in [0.15, 0.2) is 0 Å². The number of H-pyrrole nitrogens is 1. The molecule has 1 fully saturated rings. The molecular weight excluding hydrogens is 278 g/mol. The molecule has 120 valence electrons. The van der Waals surface area contributed by atoms with Crippen molar-refractivity contribution in [1.82, 2.24) is 25.3 Å². The molecule has 3 rings (SSSR count). The first-order valence-corrected chi connectivity index (χ1v) is 7.59. The van der Waals surface area contributed by atoms with E-state index in [1.54, 1.807) is 7.05 Å². The number of nitrogen functional groups attached to an aromatic ring is 1. The van der Waals surface area contributed by atoms with Gasteiger partial charge < -0.3 is 21.4 Å². The molecule has 0 saturated carbocycles. The van der Waals surface area contributed by atoms with Crippen LogP contribution in [0.2, 0.25) is 0 Å². The quantitative estimate of drug-likeness (QED) is 0.671. The lowest BCUT2D eigenvalue weighted by Gasteiger charge is -2.20. The molecule has 0 amide bonds. The zero-order valence-corrected chi connectivity index (χ0v) is 13.5. The van der Waals surface area contributed by atoms with Crippen LogP contribution >= 0.6 is 0 Å². The lowest BCUT2D eigenvalue weighted by Crippen LogP contribution is -2.27. The van der Waals surface area contributed by atoms with E-state index in [2.05, 4.69) is 37.5 Å². The molecule has 3 heterocycles. The van der Waals surface area contributed by atoms with Gasteiger partial charge in [-0.15, -0.1) is 0 Å². The molecule has 0 bridgehead atoms. The highest BCUT2D eigenvalue weighted by molar-refractivity contribution is 5.39. The number of aromatic amines is 1. The van der Waals surface area contributed by atoms with Gasteiger partial charge in [-0.2, -0.15) is 4.98 Å². The van der Waals surface area contributed by atoms with Crippen molar-refractivity contribution in [1.29, 1.82) is 0 Å². The SMILES string of the molecule is CNc1cc(C)nc(N)n1.Cc1cnc(C2CCNCC2)[nH]1. The summed E-state index contributed by atoms with van der Waals surface area (Å²) in [5.74, 6) is 2.89. The van der Waals surface area contributed by atoms with Crippen molar-refractivity contribution in [2.75, 3.05) is 31.2 Å². The fourth-order valence-electron chi connectivity index (χ4n) is 2.46. The third-order valence-corrected chi connectivity index (χ3v) is 3.58. The van der Waals surface area contributed by atoms with Crippen LogP contribution in [0, 0.1) is 13.8 Å². The fourth-order valence-corrected chi connectivity index (χ4v) is 2.46. The summed E-state index contributed by atoms with van der Waals surface area (Å²) in [7, 11) is 1.79. The molecule has 22 heavy (non-hydrogen) atoms. The Morgan fingerprint density at radius 2 is 1.95 bits per heavy atom. The summed E-state index contributed by atoms with van der Waals surface area (Å²) in [4.78, 5) is 15.5. The summed E-state index contributed by atoms with van der Waals surface area (Å²) in [5, 5.41) is 6.23. The second-order valence-corrected chi connectivity index (χ2v) is 5.48. The lowest BCUT2D eigenvalue weighted by molar-refractivity contribution is 0.447. The number of nitrogens with one attached hydrogen (secondary N) is 3. The molecule has 0 aromatic carbocycles. The van der Waals surface area contributed by atoms with Crippen molar-refractivity contribution < 1.29 is 0 Å². The molecule has 0 atom stereocenters. The molecule has 7 nitrogen and oxygen atoms in total. The predicted molar refractivity (Wildman–Crippen MR) is 88.9 cm³/mol. The third kappa shape index (κ3) is 4.70. The van der Waals surface area contributed by atoms with Crippen molar-refractivity contribution in [3.63, 3.8) is 0 Å². The van der Waals surface area contributed by atoms with Crippen LogP contribution in [0.25, 0.3) is 0 Å². The minimum Gasteiger partial charge on any atom is -0.373 e. The van der Waals surface area contributed by atoms with E-state index in [9.17, 15) is 0 Å². The molecule has 7 heteroatoms. The Kier molecular flexibility index (Phi) is 5.71. The van der Waals surface area contributed by atoms with Gasteiger partial charge in [-0.25, -0.2) is 9.97 Å². The first-order valence-electron chi connectivity index (χ1n) is 7.59. The van der Waals surface area contributed by atoms with Gasteiger partial charge in [-0.05, 0) is 39.8 Å². The monoisotopic (exact) mass is 303 g/mol. The number of hydrogen-bond donors (Lipinski definition) is 4. The van der Waals surface area contributed by atoms with Crippen LogP contribution in [0.15, 0.2) is 12.3 Å². The van der Waals surface area contributed by atoms with Crippen LogP contribution < -0.4 is 16.4 Å². The maximum absolute atomic E-state index is 5.37. The average molecular weight is 303 g/mol. The van der Waals surface area contributed by atoms with E-state index >= 15 is 0 Å². The number of imidazole rings is 1. The number of aryl methyl sites for hydroxylation is 2. The van der Waals surface area contributed by atoms with Crippen LogP contribution in [0.3, 0.4) is 0 Å². The van der Waals surface area contributed by atoms with Crippen molar-refractivity contribution in [2.24, 2.45) is 0 Å². The number of hydrogen-bond acceptors (Lipinski definition) is 6. The van der Waals surface area contributed by atoms with E-state index in [1.165, 1.54) is 24.4 Å². The van der Waals surface area contributed by atoms with Gasteiger partial charge in [-0.1, -0.05) is 0 Å². The fraction of sp³-hybridized carbons (Fsp3) is 0.533. The Bertz CT molecular complexity index is 567. The molecule has 0 radical (unpaired) electrons. The van der Waals surface area contributed by atoms with E-state index in [4.69, 9.17) is 5.73 Å². The molecule has 1 aliphatic heterocycles. The predicted octanol–water partition coefficient (Wildman–Crippen LogP) is 1.59. The molecule has 5 N–H and O–H groups in total. The van der Waals surface area contributed by atoms with Crippen molar-refractivity contribution in [3.05, 3.63) is 29.5 Å². The zero-order valence-electron chi connectivity index (χ0n) is 13.5. The van der Waals surface area contributed by atoms with Gasteiger partial charge in [0.2, 0.25) is 5.95 Å². The van der Waals surface area contributed by atoms with Crippen LogP contribution in [-0.2, 0) is 0 Å². The van der Waals surface area contributed by atoms with Gasteiger partial charge in [0.25, 0.3) is 0 Å². The number of piperidine rings is 1. The smallest absolute Gasteiger partial charge is 0.222 e. The Morgan fingerprint density at radius 3 is 2.50 bits per heavy atom. The Balaban J connectivity index is 0.000000164. The van der Waals surface area contributed by atoms with Crippen LogP contribution in [-0.4, -0.2) is 40.1 Å². The Hall–Kier alpha value is -2.15. The number of nitrogens with two attached hydrogens (primary N) is 1. The van der Waals surface area contributed by atoms with E-state index < -0.39 is 0 Å². The molecule has 0 spiro atoms. The van der Waals surface area contributed by atoms with E-state index in [0.717, 1.165) is 24.6 Å². The maximum Gasteiger partial charge on any atom is 0.222 e. The minimum atomic E-state index is 0.310. The lowest BCUT2D eigenvalue weighted by atomic mass is 9.98. The first-order chi connectivity index (χ1) is 10.6. The van der Waals surface area contributed by atoms with E-state index in [1.807, 2.05) is 19.2 Å². The summed E-state index contributed by atoms with van der Waals surface area (Å²) >= 11 is 0. The molecule has 1 saturated heterocycles. The van der Waals surface area contributed by atoms with E-state index in [-0.39, 0.29) is 0 Å². The van der Waals surface area contributed by atoms with Crippen LogP contribution in [0.4, 0.5) is 11.8 Å². The van der Waals surface area contributed by atoms with Crippen molar-refractivity contribution in [2.45, 2.75) is 32.6 Å². The highest BCUT2D eigenvalue weighted by Gasteiger charge is 2.16. The third-order valence-electron chi connectivity index (χ3n) is 3.58. The Labute approximate surface area is 131 Å². The zero-order chi connectivity index (χ0) is 15.9. The topological polar surface area (TPSA) is 105 Å². The maximum atomic E-state index is 5.37. The molecule has 2 aromatic heterocycles.